The smallest absolute Gasteiger partial charge is 0.323 e. The zero-order chi connectivity index (χ0) is 24.5. The van der Waals surface area contributed by atoms with Crippen LogP contribution in [0.2, 0.25) is 0 Å². The zero-order valence-electron chi connectivity index (χ0n) is 19.4. The van der Waals surface area contributed by atoms with Gasteiger partial charge < -0.3 is 31.7 Å². The van der Waals surface area contributed by atoms with Crippen molar-refractivity contribution in [3.05, 3.63) is 35.4 Å². The number of carbonyl (C=O) groups excluding carboxylic acids is 3. The van der Waals surface area contributed by atoms with Gasteiger partial charge >= 0.3 is 5.97 Å². The molecule has 1 aromatic carbocycles. The molecule has 34 heavy (non-hydrogen) atoms. The summed E-state index contributed by atoms with van der Waals surface area (Å²) in [5, 5.41) is 17.7. The van der Waals surface area contributed by atoms with Crippen molar-refractivity contribution < 1.29 is 24.3 Å². The van der Waals surface area contributed by atoms with E-state index < -0.39 is 18.6 Å². The largest absolute Gasteiger partial charge is 0.480 e. The molecule has 1 saturated carbocycles. The number of carbonyl (C=O) groups is 4. The standard InChI is InChI=1S/C24H35N5O5/c25-12-16-5-7-17(8-6-16)23(33)28-14-21(30)26-9-10-29(15-22(31)32)24(34)20-11-18-3-1-2-4-19(18)13-27-20/h1-4,16-17,20,27H,5-15,25H2,(H,26,30)(H,28,33)(H,31,32). The van der Waals surface area contributed by atoms with Crippen LogP contribution in [0.1, 0.15) is 36.8 Å². The lowest BCUT2D eigenvalue weighted by atomic mass is 9.81. The normalized spacial score (nSPS) is 21.7. The molecule has 1 aliphatic carbocycles. The number of hydrogen-bond acceptors (Lipinski definition) is 6. The zero-order valence-corrected chi connectivity index (χ0v) is 19.4. The van der Waals surface area contributed by atoms with E-state index in [-0.39, 0.29) is 43.3 Å². The minimum absolute atomic E-state index is 0.0632. The SMILES string of the molecule is NCC1CCC(C(=O)NCC(=O)NCCN(CC(=O)O)C(=O)C2Cc3ccccc3CN2)CC1. The van der Waals surface area contributed by atoms with Gasteiger partial charge in [-0.05, 0) is 55.7 Å². The van der Waals surface area contributed by atoms with Crippen molar-refractivity contribution in [2.75, 3.05) is 32.7 Å². The number of rotatable bonds is 10. The van der Waals surface area contributed by atoms with E-state index in [1.165, 1.54) is 4.90 Å². The van der Waals surface area contributed by atoms with Crippen molar-refractivity contribution in [3.8, 4) is 0 Å². The van der Waals surface area contributed by atoms with Gasteiger partial charge in [-0.1, -0.05) is 24.3 Å². The molecule has 1 atom stereocenters. The number of amides is 3. The topological polar surface area (TPSA) is 154 Å². The molecule has 0 spiro atoms. The van der Waals surface area contributed by atoms with Gasteiger partial charge in [-0.2, -0.15) is 0 Å². The van der Waals surface area contributed by atoms with E-state index in [2.05, 4.69) is 16.0 Å². The quantitative estimate of drug-likeness (QED) is 0.310. The Morgan fingerprint density at radius 1 is 1.06 bits per heavy atom. The number of benzene rings is 1. The van der Waals surface area contributed by atoms with Gasteiger partial charge in [0.15, 0.2) is 0 Å². The maximum absolute atomic E-state index is 13.0. The Labute approximate surface area is 199 Å². The molecule has 1 unspecified atom stereocenters. The molecule has 10 heteroatoms. The number of carboxylic acid groups (broad SMARTS) is 1. The average Bonchev–Trinajstić information content (AvgIpc) is 2.85. The maximum atomic E-state index is 13.0. The van der Waals surface area contributed by atoms with Crippen LogP contribution in [0.5, 0.6) is 0 Å². The van der Waals surface area contributed by atoms with Crippen LogP contribution in [0.4, 0.5) is 0 Å². The van der Waals surface area contributed by atoms with Gasteiger partial charge in [0.2, 0.25) is 17.7 Å². The van der Waals surface area contributed by atoms with Crippen LogP contribution in [0, 0.1) is 11.8 Å². The second-order valence-corrected chi connectivity index (χ2v) is 9.08. The Morgan fingerprint density at radius 2 is 1.76 bits per heavy atom. The van der Waals surface area contributed by atoms with Crippen molar-refractivity contribution in [2.24, 2.45) is 17.6 Å². The fourth-order valence-corrected chi connectivity index (χ4v) is 4.64. The third-order valence-corrected chi connectivity index (χ3v) is 6.70. The summed E-state index contributed by atoms with van der Waals surface area (Å²) in [6.07, 6.45) is 3.89. The first kappa shape index (κ1) is 25.6. The van der Waals surface area contributed by atoms with Gasteiger partial charge in [-0.25, -0.2) is 0 Å². The molecule has 1 heterocycles. The minimum Gasteiger partial charge on any atom is -0.480 e. The van der Waals surface area contributed by atoms with Crippen LogP contribution in [0.15, 0.2) is 24.3 Å². The van der Waals surface area contributed by atoms with Crippen molar-refractivity contribution >= 4 is 23.7 Å². The molecular weight excluding hydrogens is 438 g/mol. The van der Waals surface area contributed by atoms with E-state index in [1.807, 2.05) is 24.3 Å². The summed E-state index contributed by atoms with van der Waals surface area (Å²) in [6, 6.07) is 7.31. The number of nitrogens with one attached hydrogen (secondary N) is 3. The van der Waals surface area contributed by atoms with E-state index in [9.17, 15) is 24.3 Å². The highest BCUT2D eigenvalue weighted by Crippen LogP contribution is 2.28. The Hall–Kier alpha value is -2.98. The molecule has 6 N–H and O–H groups in total. The first-order chi connectivity index (χ1) is 16.4. The van der Waals surface area contributed by atoms with Gasteiger partial charge in [0.25, 0.3) is 0 Å². The summed E-state index contributed by atoms with van der Waals surface area (Å²) >= 11 is 0. The number of nitrogens with two attached hydrogens (primary N) is 1. The van der Waals surface area contributed by atoms with Gasteiger partial charge in [-0.3, -0.25) is 19.2 Å². The van der Waals surface area contributed by atoms with Crippen LogP contribution < -0.4 is 21.7 Å². The molecule has 0 radical (unpaired) electrons. The lowest BCUT2D eigenvalue weighted by Crippen LogP contribution is -2.52. The van der Waals surface area contributed by atoms with Crippen LogP contribution in [0.3, 0.4) is 0 Å². The fraction of sp³-hybridized carbons (Fsp3) is 0.583. The van der Waals surface area contributed by atoms with E-state index in [4.69, 9.17) is 5.73 Å². The van der Waals surface area contributed by atoms with E-state index in [1.54, 1.807) is 0 Å². The number of nitrogens with zero attached hydrogens (tertiary/aromatic N) is 1. The first-order valence-electron chi connectivity index (χ1n) is 11.9. The number of hydrogen-bond donors (Lipinski definition) is 5. The Morgan fingerprint density at radius 3 is 2.44 bits per heavy atom. The summed E-state index contributed by atoms with van der Waals surface area (Å²) < 4.78 is 0. The van der Waals surface area contributed by atoms with E-state index >= 15 is 0 Å². The van der Waals surface area contributed by atoms with Crippen LogP contribution in [0.25, 0.3) is 0 Å². The predicted octanol–water partition coefficient (Wildman–Crippen LogP) is -0.388. The molecule has 10 nitrogen and oxygen atoms in total. The fourth-order valence-electron chi connectivity index (χ4n) is 4.64. The van der Waals surface area contributed by atoms with Gasteiger partial charge in [0.1, 0.15) is 6.54 Å². The molecule has 186 valence electrons. The van der Waals surface area contributed by atoms with Gasteiger partial charge in [0.05, 0.1) is 12.6 Å². The van der Waals surface area contributed by atoms with Crippen molar-refractivity contribution in [2.45, 2.75) is 44.7 Å². The third kappa shape index (κ3) is 7.26. The lowest BCUT2D eigenvalue weighted by Gasteiger charge is -2.30. The van der Waals surface area contributed by atoms with E-state index in [0.29, 0.717) is 25.4 Å². The third-order valence-electron chi connectivity index (χ3n) is 6.70. The monoisotopic (exact) mass is 473 g/mol. The summed E-state index contributed by atoms with van der Waals surface area (Å²) in [5.41, 5.74) is 7.87. The number of carboxylic acids is 1. The number of fused-ring (bicyclic) bond motifs is 1. The summed E-state index contributed by atoms with van der Waals surface area (Å²) in [5.74, 6) is -1.55. The molecule has 3 amide bonds. The van der Waals surface area contributed by atoms with Crippen LogP contribution in [-0.4, -0.2) is 72.5 Å². The molecule has 3 rings (SSSR count). The first-order valence-corrected chi connectivity index (χ1v) is 11.9. The molecular formula is C24H35N5O5. The van der Waals surface area contributed by atoms with Crippen LogP contribution in [-0.2, 0) is 32.1 Å². The molecule has 0 aromatic heterocycles. The molecule has 1 aromatic rings. The van der Waals surface area contributed by atoms with Crippen molar-refractivity contribution in [3.63, 3.8) is 0 Å². The van der Waals surface area contributed by atoms with Gasteiger partial charge in [0, 0.05) is 25.6 Å². The Balaban J connectivity index is 1.42. The lowest BCUT2D eigenvalue weighted by molar-refractivity contribution is -0.145. The number of aliphatic carboxylic acids is 1. The second-order valence-electron chi connectivity index (χ2n) is 9.08. The summed E-state index contributed by atoms with van der Waals surface area (Å²) in [4.78, 5) is 50.0. The average molecular weight is 474 g/mol. The highest BCUT2D eigenvalue weighted by atomic mass is 16.4. The molecule has 1 fully saturated rings. The predicted molar refractivity (Wildman–Crippen MR) is 126 cm³/mol. The molecule has 0 bridgehead atoms. The Kier molecular flexibility index (Phi) is 9.41. The summed E-state index contributed by atoms with van der Waals surface area (Å²) in [7, 11) is 0. The van der Waals surface area contributed by atoms with Gasteiger partial charge in [-0.15, -0.1) is 0 Å². The van der Waals surface area contributed by atoms with E-state index in [0.717, 1.165) is 36.8 Å². The maximum Gasteiger partial charge on any atom is 0.323 e. The molecule has 1 aliphatic heterocycles. The van der Waals surface area contributed by atoms with Crippen molar-refractivity contribution in [1.29, 1.82) is 0 Å². The Bertz CT molecular complexity index is 884. The highest BCUT2D eigenvalue weighted by Gasteiger charge is 2.29. The molecule has 0 saturated heterocycles. The molecule has 2 aliphatic rings. The summed E-state index contributed by atoms with van der Waals surface area (Å²) in [6.45, 7) is 0.743. The second kappa shape index (κ2) is 12.5. The minimum atomic E-state index is -1.12. The van der Waals surface area contributed by atoms with Crippen molar-refractivity contribution in [1.82, 2.24) is 20.9 Å². The van der Waals surface area contributed by atoms with Crippen LogP contribution >= 0.6 is 0 Å². The highest BCUT2D eigenvalue weighted by molar-refractivity contribution is 5.87.